The van der Waals surface area contributed by atoms with Gasteiger partial charge in [0.1, 0.15) is 0 Å². The second-order valence-corrected chi connectivity index (χ2v) is 6.11. The summed E-state index contributed by atoms with van der Waals surface area (Å²) in [5.74, 6) is -1.22. The van der Waals surface area contributed by atoms with Crippen molar-refractivity contribution in [3.05, 3.63) is 71.4 Å². The van der Waals surface area contributed by atoms with E-state index in [2.05, 4.69) is 25.8 Å². The number of carbonyl (C=O) groups is 1. The van der Waals surface area contributed by atoms with E-state index in [9.17, 15) is 31.1 Å². The number of nitrogens with zero attached hydrogens (tertiary/aromatic N) is 3. The number of benzene rings is 1. The lowest BCUT2D eigenvalue weighted by molar-refractivity contribution is -0.143. The van der Waals surface area contributed by atoms with Crippen LogP contribution in [0, 0.1) is 0 Å². The standard InChI is InChI=1S/C18H16F6N6O/c1-10(14-9-26-4-5-27-14)29-15(31)2-3-28-30-16(25)11-6-12(17(19,20)21)8-13(7-11)18(22,23)24/h2-10,28H,1H3,(H2,25,30)(H,29,31)/b3-2-. The Labute approximate surface area is 172 Å². The Bertz CT molecular complexity index is 939. The van der Waals surface area contributed by atoms with Crippen LogP contribution in [-0.2, 0) is 17.1 Å². The van der Waals surface area contributed by atoms with Crippen molar-refractivity contribution < 1.29 is 31.1 Å². The average Bonchev–Trinajstić information content (AvgIpc) is 2.70. The normalized spacial score (nSPS) is 13.8. The molecule has 31 heavy (non-hydrogen) atoms. The molecule has 13 heteroatoms. The van der Waals surface area contributed by atoms with Gasteiger partial charge in [-0.3, -0.25) is 20.2 Å². The van der Waals surface area contributed by atoms with Gasteiger partial charge in [-0.1, -0.05) is 0 Å². The first-order valence-corrected chi connectivity index (χ1v) is 8.49. The smallest absolute Gasteiger partial charge is 0.382 e. The van der Waals surface area contributed by atoms with Gasteiger partial charge in [0, 0.05) is 30.2 Å². The fraction of sp³-hybridized carbons (Fsp3) is 0.222. The molecule has 1 unspecified atom stereocenters. The van der Waals surface area contributed by atoms with Crippen LogP contribution in [0.2, 0.25) is 0 Å². The highest BCUT2D eigenvalue weighted by Gasteiger charge is 2.37. The minimum Gasteiger partial charge on any atom is -0.382 e. The topological polar surface area (TPSA) is 105 Å². The number of hydrogen-bond donors (Lipinski definition) is 3. The number of nitrogens with two attached hydrogens (primary N) is 1. The summed E-state index contributed by atoms with van der Waals surface area (Å²) in [4.78, 5) is 19.7. The maximum atomic E-state index is 12.9. The Morgan fingerprint density at radius 1 is 1.10 bits per heavy atom. The second-order valence-electron chi connectivity index (χ2n) is 6.11. The quantitative estimate of drug-likeness (QED) is 0.208. The minimum atomic E-state index is -5.01. The molecule has 2 aromatic rings. The third-order valence-corrected chi connectivity index (χ3v) is 3.76. The molecule has 0 aliphatic heterocycles. The summed E-state index contributed by atoms with van der Waals surface area (Å²) >= 11 is 0. The van der Waals surface area contributed by atoms with Gasteiger partial charge in [0.05, 0.1) is 29.1 Å². The zero-order valence-electron chi connectivity index (χ0n) is 15.8. The number of alkyl halides is 6. The summed E-state index contributed by atoms with van der Waals surface area (Å²) in [6.07, 6.45) is -3.65. The number of hydrazone groups is 1. The Morgan fingerprint density at radius 3 is 2.23 bits per heavy atom. The fourth-order valence-electron chi connectivity index (χ4n) is 2.26. The summed E-state index contributed by atoms with van der Waals surface area (Å²) < 4.78 is 77.4. The molecule has 0 radical (unpaired) electrons. The number of aromatic nitrogens is 2. The van der Waals surface area contributed by atoms with E-state index in [0.717, 1.165) is 12.3 Å². The number of hydrogen-bond acceptors (Lipinski definition) is 5. The molecule has 1 atom stereocenters. The lowest BCUT2D eigenvalue weighted by Gasteiger charge is -2.14. The Hall–Kier alpha value is -3.64. The van der Waals surface area contributed by atoms with E-state index < -0.39 is 46.8 Å². The first kappa shape index (κ1) is 23.6. The molecule has 0 saturated carbocycles. The van der Waals surface area contributed by atoms with Crippen LogP contribution in [0.4, 0.5) is 26.3 Å². The third kappa shape index (κ3) is 6.97. The first-order chi connectivity index (χ1) is 14.4. The van der Waals surface area contributed by atoms with Crippen molar-refractivity contribution in [2.75, 3.05) is 0 Å². The number of amides is 1. The van der Waals surface area contributed by atoms with E-state index in [-0.39, 0.29) is 6.07 Å². The number of halogens is 6. The molecule has 0 aliphatic carbocycles. The van der Waals surface area contributed by atoms with Gasteiger partial charge in [-0.2, -0.15) is 31.4 Å². The number of amidine groups is 1. The van der Waals surface area contributed by atoms with Gasteiger partial charge in [-0.25, -0.2) is 0 Å². The van der Waals surface area contributed by atoms with Crippen LogP contribution in [0.3, 0.4) is 0 Å². The van der Waals surface area contributed by atoms with E-state index in [0.29, 0.717) is 17.8 Å². The van der Waals surface area contributed by atoms with Gasteiger partial charge in [0.15, 0.2) is 5.84 Å². The van der Waals surface area contributed by atoms with Crippen LogP contribution in [0.15, 0.2) is 54.2 Å². The average molecular weight is 446 g/mol. The minimum absolute atomic E-state index is 0.0211. The van der Waals surface area contributed by atoms with Crippen LogP contribution in [0.25, 0.3) is 0 Å². The van der Waals surface area contributed by atoms with Gasteiger partial charge in [0.25, 0.3) is 0 Å². The molecule has 0 spiro atoms. The molecular weight excluding hydrogens is 430 g/mol. The van der Waals surface area contributed by atoms with E-state index in [1.165, 1.54) is 18.6 Å². The maximum Gasteiger partial charge on any atom is 0.416 e. The summed E-state index contributed by atoms with van der Waals surface area (Å²) in [5.41, 5.74) is 4.53. The first-order valence-electron chi connectivity index (χ1n) is 8.49. The number of nitrogens with one attached hydrogen (secondary N) is 2. The van der Waals surface area contributed by atoms with Crippen molar-refractivity contribution in [2.45, 2.75) is 25.3 Å². The van der Waals surface area contributed by atoms with E-state index in [1.807, 2.05) is 0 Å². The molecule has 1 heterocycles. The molecule has 0 aliphatic rings. The molecule has 4 N–H and O–H groups in total. The van der Waals surface area contributed by atoms with Crippen LogP contribution in [0.5, 0.6) is 0 Å². The molecule has 7 nitrogen and oxygen atoms in total. The molecule has 1 amide bonds. The van der Waals surface area contributed by atoms with E-state index in [4.69, 9.17) is 5.73 Å². The number of carbonyl (C=O) groups excluding carboxylic acids is 1. The molecule has 0 fully saturated rings. The Balaban J connectivity index is 2.08. The van der Waals surface area contributed by atoms with Gasteiger partial charge >= 0.3 is 12.4 Å². The molecule has 166 valence electrons. The van der Waals surface area contributed by atoms with E-state index >= 15 is 0 Å². The van der Waals surface area contributed by atoms with Gasteiger partial charge < -0.3 is 11.1 Å². The largest absolute Gasteiger partial charge is 0.416 e. The second kappa shape index (κ2) is 9.45. The molecule has 2 rings (SSSR count). The van der Waals surface area contributed by atoms with Crippen molar-refractivity contribution in [1.29, 1.82) is 0 Å². The van der Waals surface area contributed by atoms with Crippen molar-refractivity contribution in [3.8, 4) is 0 Å². The summed E-state index contributed by atoms with van der Waals surface area (Å²) in [6, 6.07) is 0.390. The van der Waals surface area contributed by atoms with E-state index in [1.54, 1.807) is 6.92 Å². The zero-order chi connectivity index (χ0) is 23.2. The Morgan fingerprint density at radius 2 is 1.71 bits per heavy atom. The van der Waals surface area contributed by atoms with Crippen LogP contribution in [0.1, 0.15) is 35.3 Å². The lowest BCUT2D eigenvalue weighted by Crippen LogP contribution is -2.26. The number of rotatable bonds is 6. The van der Waals surface area contributed by atoms with Crippen molar-refractivity contribution in [2.24, 2.45) is 10.8 Å². The van der Waals surface area contributed by atoms with Crippen LogP contribution in [-0.4, -0.2) is 21.7 Å². The van der Waals surface area contributed by atoms with Crippen LogP contribution < -0.4 is 16.5 Å². The fourth-order valence-corrected chi connectivity index (χ4v) is 2.26. The molecule has 1 aromatic carbocycles. The van der Waals surface area contributed by atoms with Crippen LogP contribution >= 0.6 is 0 Å². The highest BCUT2D eigenvalue weighted by atomic mass is 19.4. The summed E-state index contributed by atoms with van der Waals surface area (Å²) in [7, 11) is 0. The van der Waals surface area contributed by atoms with Crippen molar-refractivity contribution >= 4 is 11.7 Å². The van der Waals surface area contributed by atoms with Gasteiger partial charge in [-0.05, 0) is 25.1 Å². The molecule has 0 bridgehead atoms. The molecule has 1 aromatic heterocycles. The molecular formula is C18H16F6N6O. The Kier molecular flexibility index (Phi) is 7.20. The predicted octanol–water partition coefficient (Wildman–Crippen LogP) is 3.12. The predicted molar refractivity (Wildman–Crippen MR) is 98.0 cm³/mol. The highest BCUT2D eigenvalue weighted by molar-refractivity contribution is 5.97. The SMILES string of the molecule is CC(NC(=O)/C=C\N/N=C(\N)c1cc(C(F)(F)F)cc(C(F)(F)F)c1)c1cnccn1. The zero-order valence-corrected chi connectivity index (χ0v) is 15.8. The van der Waals surface area contributed by atoms with Crippen molar-refractivity contribution in [3.63, 3.8) is 0 Å². The highest BCUT2D eigenvalue weighted by Crippen LogP contribution is 2.36. The monoisotopic (exact) mass is 446 g/mol. The van der Waals surface area contributed by atoms with Crippen molar-refractivity contribution in [1.82, 2.24) is 20.7 Å². The van der Waals surface area contributed by atoms with Gasteiger partial charge in [0.2, 0.25) is 5.91 Å². The third-order valence-electron chi connectivity index (χ3n) is 3.76. The maximum absolute atomic E-state index is 12.9. The molecule has 0 saturated heterocycles. The van der Waals surface area contributed by atoms with Gasteiger partial charge in [-0.15, -0.1) is 0 Å². The summed E-state index contributed by atoms with van der Waals surface area (Å²) in [5, 5.41) is 6.04. The summed E-state index contributed by atoms with van der Waals surface area (Å²) in [6.45, 7) is 1.66. The lowest BCUT2D eigenvalue weighted by atomic mass is 10.0.